The van der Waals surface area contributed by atoms with Gasteiger partial charge in [0.25, 0.3) is 0 Å². The van der Waals surface area contributed by atoms with E-state index in [0.29, 0.717) is 5.56 Å². The van der Waals surface area contributed by atoms with Gasteiger partial charge in [-0.25, -0.2) is 14.2 Å². The van der Waals surface area contributed by atoms with Crippen LogP contribution in [0.2, 0.25) is 15.2 Å². The van der Waals surface area contributed by atoms with Crippen molar-refractivity contribution in [2.24, 2.45) is 5.16 Å². The number of carbonyl (C=O) groups is 1. The van der Waals surface area contributed by atoms with Crippen LogP contribution in [0.4, 0.5) is 4.39 Å². The predicted octanol–water partition coefficient (Wildman–Crippen LogP) is 4.37. The summed E-state index contributed by atoms with van der Waals surface area (Å²) in [5.41, 5.74) is 0.447. The molecular formula is C13H6Cl3FN2O2. The van der Waals surface area contributed by atoms with Crippen molar-refractivity contribution in [2.45, 2.75) is 0 Å². The van der Waals surface area contributed by atoms with Crippen molar-refractivity contribution in [3.8, 4) is 0 Å². The Morgan fingerprint density at radius 3 is 2.76 bits per heavy atom. The minimum absolute atomic E-state index is 0.0153. The van der Waals surface area contributed by atoms with Gasteiger partial charge < -0.3 is 4.84 Å². The maximum atomic E-state index is 13.0. The fraction of sp³-hybridized carbons (Fsp3) is 0. The molecule has 0 aliphatic heterocycles. The molecule has 8 heteroatoms. The van der Waals surface area contributed by atoms with Gasteiger partial charge >= 0.3 is 5.97 Å². The summed E-state index contributed by atoms with van der Waals surface area (Å²) in [5.74, 6) is -1.37. The van der Waals surface area contributed by atoms with Crippen LogP contribution in [-0.4, -0.2) is 17.2 Å². The van der Waals surface area contributed by atoms with E-state index in [1.807, 2.05) is 0 Å². The van der Waals surface area contributed by atoms with Gasteiger partial charge in [0.05, 0.1) is 16.3 Å². The van der Waals surface area contributed by atoms with Gasteiger partial charge in [-0.3, -0.25) is 0 Å². The highest BCUT2D eigenvalue weighted by molar-refractivity contribution is 6.34. The lowest BCUT2D eigenvalue weighted by Gasteiger charge is -2.00. The monoisotopic (exact) mass is 346 g/mol. The standard InChI is InChI=1S/C13H6Cl3FN2O2/c14-8-4-9(12(16)18-6-8)13(20)21-19-5-7-1-2-11(17)10(15)3-7/h1-6H/b19-5-. The van der Waals surface area contributed by atoms with Crippen molar-refractivity contribution in [2.75, 3.05) is 0 Å². The molecule has 1 aromatic heterocycles. The van der Waals surface area contributed by atoms with Crippen LogP contribution in [0.1, 0.15) is 15.9 Å². The average Bonchev–Trinajstić information content (AvgIpc) is 2.45. The van der Waals surface area contributed by atoms with Crippen molar-refractivity contribution in [3.05, 3.63) is 62.6 Å². The van der Waals surface area contributed by atoms with Gasteiger partial charge in [-0.05, 0) is 23.8 Å². The minimum Gasteiger partial charge on any atom is -0.313 e. The van der Waals surface area contributed by atoms with Gasteiger partial charge in [0.15, 0.2) is 0 Å². The molecule has 0 amide bonds. The number of hydrogen-bond acceptors (Lipinski definition) is 4. The topological polar surface area (TPSA) is 51.5 Å². The van der Waals surface area contributed by atoms with E-state index < -0.39 is 11.8 Å². The van der Waals surface area contributed by atoms with Crippen molar-refractivity contribution in [1.29, 1.82) is 0 Å². The van der Waals surface area contributed by atoms with E-state index in [-0.39, 0.29) is 20.8 Å². The van der Waals surface area contributed by atoms with E-state index in [4.69, 9.17) is 34.8 Å². The molecule has 0 aliphatic carbocycles. The molecule has 0 fully saturated rings. The molecule has 0 unspecified atom stereocenters. The van der Waals surface area contributed by atoms with Crippen molar-refractivity contribution in [3.63, 3.8) is 0 Å². The van der Waals surface area contributed by atoms with Crippen LogP contribution in [0, 0.1) is 5.82 Å². The molecule has 0 saturated carbocycles. The van der Waals surface area contributed by atoms with E-state index in [1.54, 1.807) is 0 Å². The Morgan fingerprint density at radius 1 is 1.29 bits per heavy atom. The van der Waals surface area contributed by atoms with E-state index in [9.17, 15) is 9.18 Å². The zero-order chi connectivity index (χ0) is 15.4. The van der Waals surface area contributed by atoms with Gasteiger partial charge in [0, 0.05) is 6.20 Å². The van der Waals surface area contributed by atoms with Crippen LogP contribution >= 0.6 is 34.8 Å². The number of aromatic nitrogens is 1. The van der Waals surface area contributed by atoms with Crippen LogP contribution < -0.4 is 0 Å². The smallest absolute Gasteiger partial charge is 0.313 e. The fourth-order valence-electron chi connectivity index (χ4n) is 1.34. The van der Waals surface area contributed by atoms with Gasteiger partial charge in [0.2, 0.25) is 0 Å². The number of nitrogens with zero attached hydrogens (tertiary/aromatic N) is 2. The molecule has 0 atom stereocenters. The van der Waals surface area contributed by atoms with Crippen LogP contribution in [0.25, 0.3) is 0 Å². The molecule has 4 nitrogen and oxygen atoms in total. The van der Waals surface area contributed by atoms with Crippen LogP contribution in [0.5, 0.6) is 0 Å². The Hall–Kier alpha value is -1.69. The lowest BCUT2D eigenvalue weighted by Crippen LogP contribution is -2.03. The summed E-state index contributed by atoms with van der Waals surface area (Å²) >= 11 is 17.1. The molecule has 0 spiro atoms. The normalized spacial score (nSPS) is 10.9. The number of carbonyl (C=O) groups excluding carboxylic acids is 1. The Kier molecular flexibility index (Phi) is 5.12. The van der Waals surface area contributed by atoms with Gasteiger partial charge in [-0.1, -0.05) is 46.0 Å². The van der Waals surface area contributed by atoms with Crippen LogP contribution in [-0.2, 0) is 4.84 Å². The second-order valence-corrected chi connectivity index (χ2v) is 4.98. The predicted molar refractivity (Wildman–Crippen MR) is 78.7 cm³/mol. The summed E-state index contributed by atoms with van der Waals surface area (Å²) in [6.45, 7) is 0. The number of hydrogen-bond donors (Lipinski definition) is 0. The SMILES string of the molecule is O=C(O/N=C\c1ccc(F)c(Cl)c1)c1cc(Cl)cnc1Cl. The van der Waals surface area contributed by atoms with Crippen molar-refractivity contribution < 1.29 is 14.0 Å². The van der Waals surface area contributed by atoms with Crippen LogP contribution in [0.15, 0.2) is 35.6 Å². The van der Waals surface area contributed by atoms with Crippen LogP contribution in [0.3, 0.4) is 0 Å². The summed E-state index contributed by atoms with van der Waals surface area (Å²) in [7, 11) is 0. The number of halogens is 4. The first-order valence-corrected chi connectivity index (χ1v) is 6.61. The average molecular weight is 348 g/mol. The molecule has 0 bridgehead atoms. The maximum absolute atomic E-state index is 13.0. The molecule has 0 N–H and O–H groups in total. The van der Waals surface area contributed by atoms with Gasteiger partial charge in [0.1, 0.15) is 16.5 Å². The Balaban J connectivity index is 2.08. The second kappa shape index (κ2) is 6.85. The molecule has 108 valence electrons. The van der Waals surface area contributed by atoms with E-state index in [2.05, 4.69) is 15.0 Å². The second-order valence-electron chi connectivity index (χ2n) is 3.78. The Morgan fingerprint density at radius 2 is 2.05 bits per heavy atom. The summed E-state index contributed by atoms with van der Waals surface area (Å²) in [6, 6.07) is 5.24. The first kappa shape index (κ1) is 15.7. The van der Waals surface area contributed by atoms with E-state index in [0.717, 1.165) is 0 Å². The summed E-state index contributed by atoms with van der Waals surface area (Å²) in [4.78, 5) is 20.1. The Bertz CT molecular complexity index is 723. The molecule has 0 aliphatic rings. The molecule has 1 aromatic carbocycles. The summed E-state index contributed by atoms with van der Waals surface area (Å²) in [6.07, 6.45) is 2.50. The van der Waals surface area contributed by atoms with Crippen molar-refractivity contribution >= 4 is 47.0 Å². The largest absolute Gasteiger partial charge is 0.368 e. The molecule has 0 radical (unpaired) electrons. The highest BCUT2D eigenvalue weighted by Crippen LogP contribution is 2.18. The Labute approximate surface area is 134 Å². The highest BCUT2D eigenvalue weighted by Gasteiger charge is 2.13. The van der Waals surface area contributed by atoms with Gasteiger partial charge in [-0.2, -0.15) is 0 Å². The summed E-state index contributed by atoms with van der Waals surface area (Å²) < 4.78 is 13.0. The van der Waals surface area contributed by atoms with E-state index >= 15 is 0 Å². The third-order valence-electron chi connectivity index (χ3n) is 2.31. The minimum atomic E-state index is -0.820. The highest BCUT2D eigenvalue weighted by atomic mass is 35.5. The first-order chi connectivity index (χ1) is 9.97. The lowest BCUT2D eigenvalue weighted by molar-refractivity contribution is 0.0519. The first-order valence-electron chi connectivity index (χ1n) is 5.48. The number of oxime groups is 1. The molecule has 2 aromatic rings. The third kappa shape index (κ3) is 4.14. The van der Waals surface area contributed by atoms with Crippen molar-refractivity contribution in [1.82, 2.24) is 4.98 Å². The quantitative estimate of drug-likeness (QED) is 0.358. The summed E-state index contributed by atoms with van der Waals surface area (Å²) in [5, 5.41) is 3.60. The molecular weight excluding hydrogens is 342 g/mol. The number of rotatable bonds is 3. The third-order valence-corrected chi connectivity index (χ3v) is 3.10. The molecule has 1 heterocycles. The number of benzene rings is 1. The van der Waals surface area contributed by atoms with Gasteiger partial charge in [-0.15, -0.1) is 0 Å². The molecule has 0 saturated heterocycles. The molecule has 2 rings (SSSR count). The lowest BCUT2D eigenvalue weighted by atomic mass is 10.2. The zero-order valence-electron chi connectivity index (χ0n) is 10.2. The van der Waals surface area contributed by atoms with E-state index in [1.165, 1.54) is 36.7 Å². The fourth-order valence-corrected chi connectivity index (χ4v) is 1.87. The maximum Gasteiger partial charge on any atom is 0.368 e. The molecule has 21 heavy (non-hydrogen) atoms. The number of pyridine rings is 1. The zero-order valence-corrected chi connectivity index (χ0v) is 12.5.